The van der Waals surface area contributed by atoms with E-state index in [4.69, 9.17) is 10.5 Å². The Morgan fingerprint density at radius 1 is 1.48 bits per heavy atom. The van der Waals surface area contributed by atoms with Crippen LogP contribution in [0.25, 0.3) is 0 Å². The quantitative estimate of drug-likeness (QED) is 0.932. The molecule has 0 amide bonds. The number of methoxy groups -OCH3 is 1. The van der Waals surface area contributed by atoms with Crippen LogP contribution in [-0.2, 0) is 12.0 Å². The molecule has 116 valence electrons. The molecule has 0 radical (unpaired) electrons. The number of benzene rings is 1. The van der Waals surface area contributed by atoms with E-state index in [0.29, 0.717) is 11.8 Å². The summed E-state index contributed by atoms with van der Waals surface area (Å²) in [6.07, 6.45) is 3.56. The molecule has 1 aliphatic carbocycles. The fraction of sp³-hybridized carbons (Fsp3) is 0.647. The lowest BCUT2D eigenvalue weighted by Gasteiger charge is -2.49. The number of fused-ring (bicyclic) bond motifs is 1. The van der Waals surface area contributed by atoms with E-state index in [1.165, 1.54) is 36.1 Å². The van der Waals surface area contributed by atoms with E-state index in [-0.39, 0.29) is 5.54 Å². The lowest BCUT2D eigenvalue weighted by atomic mass is 9.75. The molecule has 3 nitrogen and oxygen atoms in total. The van der Waals surface area contributed by atoms with E-state index >= 15 is 0 Å². The maximum Gasteiger partial charge on any atom is 0.119 e. The van der Waals surface area contributed by atoms with Crippen molar-refractivity contribution < 1.29 is 4.74 Å². The van der Waals surface area contributed by atoms with Crippen molar-refractivity contribution in [2.45, 2.75) is 37.0 Å². The van der Waals surface area contributed by atoms with Gasteiger partial charge in [0.2, 0.25) is 0 Å². The van der Waals surface area contributed by atoms with Crippen molar-refractivity contribution in [3.05, 3.63) is 29.3 Å². The highest BCUT2D eigenvalue weighted by Gasteiger charge is 2.42. The molecular weight excluding hydrogens is 280 g/mol. The highest BCUT2D eigenvalue weighted by Crippen LogP contribution is 2.42. The molecule has 2 aliphatic rings. The van der Waals surface area contributed by atoms with Gasteiger partial charge in [-0.15, -0.1) is 0 Å². The Bertz CT molecular complexity index is 508. The Balaban J connectivity index is 2.03. The van der Waals surface area contributed by atoms with Crippen LogP contribution >= 0.6 is 11.8 Å². The third-order valence-corrected chi connectivity index (χ3v) is 6.18. The zero-order valence-electron chi connectivity index (χ0n) is 13.1. The minimum atomic E-state index is 0.0113. The molecule has 1 aliphatic heterocycles. The number of nitrogens with two attached hydrogens (primary N) is 1. The van der Waals surface area contributed by atoms with Crippen molar-refractivity contribution in [3.8, 4) is 5.75 Å². The molecule has 0 aromatic heterocycles. The number of aryl methyl sites for hydroxylation is 1. The SMILES string of the molecule is COc1ccc2c(c1)C(CN)(N1CCSC(C)C1)CCC2. The average molecular weight is 306 g/mol. The minimum Gasteiger partial charge on any atom is -0.497 e. The van der Waals surface area contributed by atoms with Crippen molar-refractivity contribution in [3.63, 3.8) is 0 Å². The monoisotopic (exact) mass is 306 g/mol. The smallest absolute Gasteiger partial charge is 0.119 e. The molecule has 3 rings (SSSR count). The predicted molar refractivity (Wildman–Crippen MR) is 90.2 cm³/mol. The second-order valence-corrected chi connectivity index (χ2v) is 7.79. The molecule has 2 N–H and O–H groups in total. The van der Waals surface area contributed by atoms with Gasteiger partial charge in [-0.05, 0) is 42.5 Å². The van der Waals surface area contributed by atoms with Crippen LogP contribution < -0.4 is 10.5 Å². The maximum absolute atomic E-state index is 6.33. The fourth-order valence-corrected chi connectivity index (χ4v) is 4.93. The Morgan fingerprint density at radius 3 is 3.05 bits per heavy atom. The van der Waals surface area contributed by atoms with Crippen molar-refractivity contribution in [2.75, 3.05) is 32.5 Å². The Labute approximate surface area is 132 Å². The first kappa shape index (κ1) is 15.2. The molecule has 0 bridgehead atoms. The van der Waals surface area contributed by atoms with Gasteiger partial charge in [0.15, 0.2) is 0 Å². The lowest BCUT2D eigenvalue weighted by Crippen LogP contribution is -2.56. The second kappa shape index (κ2) is 6.19. The standard InChI is InChI=1S/C17H26N2OS/c1-13-11-19(8-9-21-13)17(12-18)7-3-4-14-5-6-15(20-2)10-16(14)17/h5-6,10,13H,3-4,7-9,11-12,18H2,1-2H3. The zero-order chi connectivity index (χ0) is 14.9. The van der Waals surface area contributed by atoms with E-state index in [1.807, 2.05) is 0 Å². The molecule has 0 spiro atoms. The maximum atomic E-state index is 6.33. The largest absolute Gasteiger partial charge is 0.497 e. The first-order chi connectivity index (χ1) is 10.2. The third-order valence-electron chi connectivity index (χ3n) is 5.04. The van der Waals surface area contributed by atoms with Gasteiger partial charge in [-0.25, -0.2) is 0 Å². The molecule has 1 aromatic rings. The summed E-state index contributed by atoms with van der Waals surface area (Å²) in [6, 6.07) is 6.55. The Kier molecular flexibility index (Phi) is 4.48. The average Bonchev–Trinajstić information content (AvgIpc) is 2.53. The topological polar surface area (TPSA) is 38.5 Å². The molecule has 0 saturated carbocycles. The van der Waals surface area contributed by atoms with Crippen molar-refractivity contribution in [1.82, 2.24) is 4.90 Å². The van der Waals surface area contributed by atoms with Gasteiger partial charge in [0.05, 0.1) is 12.6 Å². The van der Waals surface area contributed by atoms with Crippen LogP contribution in [0.2, 0.25) is 0 Å². The van der Waals surface area contributed by atoms with Crippen LogP contribution in [0, 0.1) is 0 Å². The summed E-state index contributed by atoms with van der Waals surface area (Å²) in [5.74, 6) is 2.16. The van der Waals surface area contributed by atoms with Crippen LogP contribution in [0.1, 0.15) is 30.9 Å². The van der Waals surface area contributed by atoms with Crippen LogP contribution in [0.4, 0.5) is 0 Å². The van der Waals surface area contributed by atoms with Gasteiger partial charge in [0.1, 0.15) is 5.75 Å². The fourth-order valence-electron chi connectivity index (χ4n) is 3.92. The summed E-state index contributed by atoms with van der Waals surface area (Å²) in [5, 5.41) is 0.693. The molecule has 1 aromatic carbocycles. The van der Waals surface area contributed by atoms with Crippen molar-refractivity contribution >= 4 is 11.8 Å². The predicted octanol–water partition coefficient (Wildman–Crippen LogP) is 2.62. The van der Waals surface area contributed by atoms with E-state index in [1.54, 1.807) is 7.11 Å². The van der Waals surface area contributed by atoms with E-state index in [2.05, 4.69) is 41.8 Å². The van der Waals surface area contributed by atoms with Gasteiger partial charge in [0, 0.05) is 30.6 Å². The summed E-state index contributed by atoms with van der Waals surface area (Å²) < 4.78 is 5.46. The molecule has 4 heteroatoms. The van der Waals surface area contributed by atoms with Crippen LogP contribution in [0.15, 0.2) is 18.2 Å². The van der Waals surface area contributed by atoms with E-state index < -0.39 is 0 Å². The van der Waals surface area contributed by atoms with Crippen molar-refractivity contribution in [2.24, 2.45) is 5.73 Å². The molecular formula is C17H26N2OS. The van der Waals surface area contributed by atoms with Gasteiger partial charge in [0.25, 0.3) is 0 Å². The van der Waals surface area contributed by atoms with Crippen LogP contribution in [0.5, 0.6) is 5.75 Å². The molecule has 2 unspecified atom stereocenters. The summed E-state index contributed by atoms with van der Waals surface area (Å²) in [5.41, 5.74) is 9.21. The first-order valence-corrected chi connectivity index (χ1v) is 8.98. The van der Waals surface area contributed by atoms with Crippen LogP contribution in [-0.4, -0.2) is 42.6 Å². The molecule has 1 saturated heterocycles. The highest BCUT2D eigenvalue weighted by molar-refractivity contribution is 7.99. The summed E-state index contributed by atoms with van der Waals surface area (Å²) >= 11 is 2.08. The number of rotatable bonds is 3. The van der Waals surface area contributed by atoms with Gasteiger partial charge in [-0.1, -0.05) is 13.0 Å². The summed E-state index contributed by atoms with van der Waals surface area (Å²) in [7, 11) is 1.74. The molecule has 2 atom stereocenters. The van der Waals surface area contributed by atoms with E-state index in [0.717, 1.165) is 18.8 Å². The summed E-state index contributed by atoms with van der Waals surface area (Å²) in [4.78, 5) is 2.64. The number of thioether (sulfide) groups is 1. The van der Waals surface area contributed by atoms with Gasteiger partial charge in [-0.2, -0.15) is 11.8 Å². The first-order valence-electron chi connectivity index (χ1n) is 7.94. The van der Waals surface area contributed by atoms with Gasteiger partial charge in [-0.3, -0.25) is 4.90 Å². The Hall–Kier alpha value is -0.710. The van der Waals surface area contributed by atoms with Gasteiger partial charge >= 0.3 is 0 Å². The van der Waals surface area contributed by atoms with E-state index in [9.17, 15) is 0 Å². The molecule has 1 fully saturated rings. The highest BCUT2D eigenvalue weighted by atomic mass is 32.2. The number of hydrogen-bond acceptors (Lipinski definition) is 4. The zero-order valence-corrected chi connectivity index (χ0v) is 13.9. The van der Waals surface area contributed by atoms with Crippen LogP contribution in [0.3, 0.4) is 0 Å². The number of ether oxygens (including phenoxy) is 1. The molecule has 21 heavy (non-hydrogen) atoms. The molecule has 1 heterocycles. The second-order valence-electron chi connectivity index (χ2n) is 6.24. The van der Waals surface area contributed by atoms with Crippen molar-refractivity contribution in [1.29, 1.82) is 0 Å². The number of hydrogen-bond donors (Lipinski definition) is 1. The number of nitrogens with zero attached hydrogens (tertiary/aromatic N) is 1. The summed E-state index contributed by atoms with van der Waals surface area (Å²) in [6.45, 7) is 5.31. The Morgan fingerprint density at radius 2 is 2.33 bits per heavy atom. The third kappa shape index (κ3) is 2.69. The lowest BCUT2D eigenvalue weighted by molar-refractivity contribution is 0.0785. The normalized spacial score (nSPS) is 30.0. The van der Waals surface area contributed by atoms with Gasteiger partial charge < -0.3 is 10.5 Å². The minimum absolute atomic E-state index is 0.0113.